The first-order valence-electron chi connectivity index (χ1n) is 3.59. The lowest BCUT2D eigenvalue weighted by Crippen LogP contribution is -1.92. The molecule has 0 aromatic carbocycles. The molecule has 66 valence electrons. The minimum absolute atomic E-state index is 0.435. The standard InChI is InChI=1S/C8H12N2O2/c1-6(2)9-8-4-7(5-11-3)12-10-8/h4H,1,5H2,2-3H3,(H,9,10). The van der Waals surface area contributed by atoms with E-state index in [0.717, 1.165) is 5.70 Å². The summed E-state index contributed by atoms with van der Waals surface area (Å²) < 4.78 is 9.79. The minimum Gasteiger partial charge on any atom is -0.377 e. The second kappa shape index (κ2) is 3.92. The third kappa shape index (κ3) is 2.39. The Hall–Kier alpha value is -1.29. The predicted molar refractivity (Wildman–Crippen MR) is 45.7 cm³/mol. The molecule has 4 heteroatoms. The number of rotatable bonds is 4. The largest absolute Gasteiger partial charge is 0.377 e. The highest BCUT2D eigenvalue weighted by Gasteiger charge is 2.01. The molecule has 0 aliphatic carbocycles. The maximum atomic E-state index is 4.93. The van der Waals surface area contributed by atoms with Crippen LogP contribution in [0.4, 0.5) is 5.82 Å². The number of hydrogen-bond acceptors (Lipinski definition) is 4. The van der Waals surface area contributed by atoms with Crippen LogP contribution < -0.4 is 5.32 Å². The summed E-state index contributed by atoms with van der Waals surface area (Å²) in [5.74, 6) is 1.36. The fraction of sp³-hybridized carbons (Fsp3) is 0.375. The molecular formula is C8H12N2O2. The van der Waals surface area contributed by atoms with Crippen molar-refractivity contribution >= 4 is 5.82 Å². The van der Waals surface area contributed by atoms with Crippen LogP contribution in [0.2, 0.25) is 0 Å². The number of anilines is 1. The Kier molecular flexibility index (Phi) is 2.88. The SMILES string of the molecule is C=C(C)Nc1cc(COC)on1. The molecule has 1 N–H and O–H groups in total. The molecule has 0 aliphatic heterocycles. The molecule has 0 spiro atoms. The van der Waals surface area contributed by atoms with Gasteiger partial charge in [0.05, 0.1) is 0 Å². The van der Waals surface area contributed by atoms with Crippen molar-refractivity contribution < 1.29 is 9.26 Å². The quantitative estimate of drug-likeness (QED) is 0.744. The molecule has 1 aromatic heterocycles. The summed E-state index contributed by atoms with van der Waals surface area (Å²) in [4.78, 5) is 0. The van der Waals surface area contributed by atoms with Gasteiger partial charge in [0.25, 0.3) is 0 Å². The van der Waals surface area contributed by atoms with E-state index in [-0.39, 0.29) is 0 Å². The van der Waals surface area contributed by atoms with E-state index in [4.69, 9.17) is 9.26 Å². The summed E-state index contributed by atoms with van der Waals surface area (Å²) in [6.45, 7) is 5.97. The smallest absolute Gasteiger partial charge is 0.173 e. The zero-order chi connectivity index (χ0) is 8.97. The summed E-state index contributed by atoms with van der Waals surface area (Å²) in [6, 6.07) is 1.78. The molecule has 0 fully saturated rings. The van der Waals surface area contributed by atoms with Gasteiger partial charge < -0.3 is 14.6 Å². The number of nitrogens with one attached hydrogen (secondary N) is 1. The van der Waals surface area contributed by atoms with Crippen LogP contribution in [0.5, 0.6) is 0 Å². The van der Waals surface area contributed by atoms with Crippen LogP contribution in [0.15, 0.2) is 22.9 Å². The maximum absolute atomic E-state index is 4.93. The summed E-state index contributed by atoms with van der Waals surface area (Å²) in [7, 11) is 1.61. The summed E-state index contributed by atoms with van der Waals surface area (Å²) in [6.07, 6.45) is 0. The molecule has 1 rings (SSSR count). The van der Waals surface area contributed by atoms with E-state index in [1.807, 2.05) is 6.92 Å². The van der Waals surface area contributed by atoms with E-state index in [9.17, 15) is 0 Å². The monoisotopic (exact) mass is 168 g/mol. The van der Waals surface area contributed by atoms with Gasteiger partial charge in [-0.3, -0.25) is 0 Å². The average molecular weight is 168 g/mol. The minimum atomic E-state index is 0.435. The number of aromatic nitrogens is 1. The Morgan fingerprint density at radius 1 is 1.83 bits per heavy atom. The van der Waals surface area contributed by atoms with Crippen LogP contribution in [0.25, 0.3) is 0 Å². The highest BCUT2D eigenvalue weighted by Crippen LogP contribution is 2.10. The van der Waals surface area contributed by atoms with Gasteiger partial charge in [-0.15, -0.1) is 0 Å². The highest BCUT2D eigenvalue weighted by atomic mass is 16.5. The van der Waals surface area contributed by atoms with Crippen LogP contribution in [-0.4, -0.2) is 12.3 Å². The fourth-order valence-electron chi connectivity index (χ4n) is 0.801. The Morgan fingerprint density at radius 2 is 2.58 bits per heavy atom. The zero-order valence-electron chi connectivity index (χ0n) is 7.26. The van der Waals surface area contributed by atoms with E-state index in [0.29, 0.717) is 18.2 Å². The van der Waals surface area contributed by atoms with Crippen molar-refractivity contribution in [3.8, 4) is 0 Å². The van der Waals surface area contributed by atoms with Crippen molar-refractivity contribution in [2.24, 2.45) is 0 Å². The van der Waals surface area contributed by atoms with Crippen molar-refractivity contribution in [2.45, 2.75) is 13.5 Å². The second-order valence-corrected chi connectivity index (χ2v) is 2.52. The van der Waals surface area contributed by atoms with Crippen molar-refractivity contribution in [3.63, 3.8) is 0 Å². The Balaban J connectivity index is 2.58. The van der Waals surface area contributed by atoms with Gasteiger partial charge in [-0.25, -0.2) is 0 Å². The van der Waals surface area contributed by atoms with Gasteiger partial charge >= 0.3 is 0 Å². The highest BCUT2D eigenvalue weighted by molar-refractivity contribution is 5.39. The first-order chi connectivity index (χ1) is 5.72. The second-order valence-electron chi connectivity index (χ2n) is 2.52. The van der Waals surface area contributed by atoms with E-state index >= 15 is 0 Å². The lowest BCUT2D eigenvalue weighted by atomic mass is 10.4. The lowest BCUT2D eigenvalue weighted by Gasteiger charge is -1.95. The molecule has 1 aromatic rings. The van der Waals surface area contributed by atoms with Gasteiger partial charge in [0.2, 0.25) is 0 Å². The van der Waals surface area contributed by atoms with E-state index in [1.165, 1.54) is 0 Å². The lowest BCUT2D eigenvalue weighted by molar-refractivity contribution is 0.156. The van der Waals surface area contributed by atoms with Crippen LogP contribution in [0.1, 0.15) is 12.7 Å². The van der Waals surface area contributed by atoms with E-state index in [2.05, 4.69) is 17.1 Å². The summed E-state index contributed by atoms with van der Waals surface area (Å²) >= 11 is 0. The molecule has 0 atom stereocenters. The fourth-order valence-corrected chi connectivity index (χ4v) is 0.801. The third-order valence-corrected chi connectivity index (χ3v) is 1.19. The number of hydrogen-bond donors (Lipinski definition) is 1. The molecule has 0 amide bonds. The third-order valence-electron chi connectivity index (χ3n) is 1.19. The number of ether oxygens (including phenoxy) is 1. The van der Waals surface area contributed by atoms with Crippen LogP contribution in [0, 0.1) is 0 Å². The molecule has 0 saturated carbocycles. The van der Waals surface area contributed by atoms with Crippen LogP contribution in [0.3, 0.4) is 0 Å². The zero-order valence-corrected chi connectivity index (χ0v) is 7.26. The first kappa shape index (κ1) is 8.80. The Bertz CT molecular complexity index is 268. The maximum Gasteiger partial charge on any atom is 0.173 e. The van der Waals surface area contributed by atoms with Crippen molar-refractivity contribution in [1.82, 2.24) is 5.16 Å². The number of nitrogens with zero attached hydrogens (tertiary/aromatic N) is 1. The molecule has 1 heterocycles. The van der Waals surface area contributed by atoms with Crippen molar-refractivity contribution in [1.29, 1.82) is 0 Å². The van der Waals surface area contributed by atoms with Gasteiger partial charge in [-0.05, 0) is 6.92 Å². The van der Waals surface area contributed by atoms with Gasteiger partial charge in [-0.2, -0.15) is 0 Å². The van der Waals surface area contributed by atoms with Crippen LogP contribution >= 0.6 is 0 Å². The van der Waals surface area contributed by atoms with Gasteiger partial charge in [-0.1, -0.05) is 11.7 Å². The molecule has 12 heavy (non-hydrogen) atoms. The average Bonchev–Trinajstić information content (AvgIpc) is 2.36. The summed E-state index contributed by atoms with van der Waals surface area (Å²) in [5.41, 5.74) is 0.826. The Labute approximate surface area is 71.2 Å². The predicted octanol–water partition coefficient (Wildman–Crippen LogP) is 1.77. The molecule has 0 saturated heterocycles. The number of methoxy groups -OCH3 is 1. The molecule has 0 bridgehead atoms. The first-order valence-corrected chi connectivity index (χ1v) is 3.59. The van der Waals surface area contributed by atoms with E-state index < -0.39 is 0 Å². The number of allylic oxidation sites excluding steroid dienone is 1. The van der Waals surface area contributed by atoms with Crippen LogP contribution in [-0.2, 0) is 11.3 Å². The normalized spacial score (nSPS) is 9.83. The van der Waals surface area contributed by atoms with Gasteiger partial charge in [0, 0.05) is 18.9 Å². The van der Waals surface area contributed by atoms with E-state index in [1.54, 1.807) is 13.2 Å². The Morgan fingerprint density at radius 3 is 3.17 bits per heavy atom. The topological polar surface area (TPSA) is 47.3 Å². The molecule has 0 radical (unpaired) electrons. The molecule has 0 aliphatic rings. The van der Waals surface area contributed by atoms with Crippen molar-refractivity contribution in [3.05, 3.63) is 24.1 Å². The molecular weight excluding hydrogens is 156 g/mol. The van der Waals surface area contributed by atoms with Crippen molar-refractivity contribution in [2.75, 3.05) is 12.4 Å². The summed E-state index contributed by atoms with van der Waals surface area (Å²) in [5, 5.41) is 6.68. The van der Waals surface area contributed by atoms with Gasteiger partial charge in [0.15, 0.2) is 11.6 Å². The molecule has 0 unspecified atom stereocenters. The van der Waals surface area contributed by atoms with Gasteiger partial charge in [0.1, 0.15) is 6.61 Å². The molecule has 4 nitrogen and oxygen atoms in total.